The smallest absolute Gasteiger partial charge is 0.244 e. The van der Waals surface area contributed by atoms with Gasteiger partial charge in [-0.25, -0.2) is 8.42 Å². The number of carbonyl (C=O) groups excluding carboxylic acids is 2. The van der Waals surface area contributed by atoms with Crippen LogP contribution in [0.3, 0.4) is 0 Å². The predicted octanol–water partition coefficient (Wildman–Crippen LogP) is 4.76. The minimum atomic E-state index is -3.77. The van der Waals surface area contributed by atoms with Gasteiger partial charge in [-0.15, -0.1) is 0 Å². The third-order valence-corrected chi connectivity index (χ3v) is 8.82. The Morgan fingerprint density at radius 3 is 2.03 bits per heavy atom. The summed E-state index contributed by atoms with van der Waals surface area (Å²) >= 11 is 2.15. The highest BCUT2D eigenvalue weighted by atomic mass is 127. The summed E-state index contributed by atoms with van der Waals surface area (Å²) in [6.45, 7) is -0.228. The van der Waals surface area contributed by atoms with Gasteiger partial charge in [0, 0.05) is 22.6 Å². The number of hydrogen-bond donors (Lipinski definition) is 1. The summed E-state index contributed by atoms with van der Waals surface area (Å²) in [6, 6.07) is 25.3. The Labute approximate surface area is 244 Å². The van der Waals surface area contributed by atoms with Crippen LogP contribution in [0.25, 0.3) is 0 Å². The van der Waals surface area contributed by atoms with Crippen molar-refractivity contribution in [2.75, 3.05) is 17.1 Å². The highest BCUT2D eigenvalue weighted by Crippen LogP contribution is 2.23. The second-order valence-corrected chi connectivity index (χ2v) is 13.1. The Bertz CT molecular complexity index is 1350. The predicted molar refractivity (Wildman–Crippen MR) is 163 cm³/mol. The van der Waals surface area contributed by atoms with Gasteiger partial charge in [-0.2, -0.15) is 0 Å². The van der Waals surface area contributed by atoms with Crippen molar-refractivity contribution in [1.82, 2.24) is 10.2 Å². The fraction of sp³-hybridized carbons (Fsp3) is 0.333. The summed E-state index contributed by atoms with van der Waals surface area (Å²) in [4.78, 5) is 29.4. The van der Waals surface area contributed by atoms with Gasteiger partial charge in [-0.3, -0.25) is 13.9 Å². The van der Waals surface area contributed by atoms with Crippen LogP contribution < -0.4 is 9.62 Å². The average Bonchev–Trinajstić information content (AvgIpc) is 3.43. The molecule has 39 heavy (non-hydrogen) atoms. The molecule has 0 bridgehead atoms. The zero-order valence-corrected chi connectivity index (χ0v) is 25.0. The number of rotatable bonds is 11. The summed E-state index contributed by atoms with van der Waals surface area (Å²) in [5.41, 5.74) is 2.19. The third kappa shape index (κ3) is 8.28. The minimum Gasteiger partial charge on any atom is -0.352 e. The van der Waals surface area contributed by atoms with E-state index in [-0.39, 0.29) is 18.5 Å². The fourth-order valence-corrected chi connectivity index (χ4v) is 6.13. The quantitative estimate of drug-likeness (QED) is 0.301. The molecule has 0 heterocycles. The van der Waals surface area contributed by atoms with Crippen LogP contribution in [0.4, 0.5) is 5.69 Å². The lowest BCUT2D eigenvalue weighted by molar-refractivity contribution is -0.140. The molecule has 1 aliphatic carbocycles. The highest BCUT2D eigenvalue weighted by Gasteiger charge is 2.34. The van der Waals surface area contributed by atoms with Crippen molar-refractivity contribution in [2.24, 2.45) is 0 Å². The Kier molecular flexibility index (Phi) is 10.0. The Morgan fingerprint density at radius 1 is 0.897 bits per heavy atom. The van der Waals surface area contributed by atoms with Crippen molar-refractivity contribution in [2.45, 2.75) is 50.7 Å². The molecule has 0 aromatic heterocycles. The molecule has 1 fully saturated rings. The number of sulfonamides is 1. The van der Waals surface area contributed by atoms with Crippen LogP contribution in [0.5, 0.6) is 0 Å². The first-order valence-corrected chi connectivity index (χ1v) is 16.0. The molecule has 4 rings (SSSR count). The molecule has 7 nitrogen and oxygen atoms in total. The normalized spacial score (nSPS) is 14.5. The summed E-state index contributed by atoms with van der Waals surface area (Å²) < 4.78 is 27.7. The molecule has 1 aliphatic rings. The van der Waals surface area contributed by atoms with Gasteiger partial charge in [0.15, 0.2) is 0 Å². The molecule has 206 valence electrons. The number of nitrogens with one attached hydrogen (secondary N) is 1. The first kappa shape index (κ1) is 29.1. The molecule has 0 radical (unpaired) electrons. The van der Waals surface area contributed by atoms with Crippen molar-refractivity contribution in [3.05, 3.63) is 99.6 Å². The number of amides is 2. The number of anilines is 1. The molecular formula is C30H34IN3O4S. The lowest BCUT2D eigenvalue weighted by Crippen LogP contribution is -2.54. The third-order valence-electron chi connectivity index (χ3n) is 6.96. The van der Waals surface area contributed by atoms with E-state index in [2.05, 4.69) is 27.9 Å². The Morgan fingerprint density at radius 2 is 1.46 bits per heavy atom. The molecule has 3 aromatic carbocycles. The van der Waals surface area contributed by atoms with Crippen LogP contribution >= 0.6 is 22.6 Å². The van der Waals surface area contributed by atoms with Gasteiger partial charge in [0.25, 0.3) is 0 Å². The van der Waals surface area contributed by atoms with E-state index in [1.165, 1.54) is 4.90 Å². The largest absolute Gasteiger partial charge is 0.352 e. The van der Waals surface area contributed by atoms with E-state index in [1.54, 1.807) is 24.3 Å². The van der Waals surface area contributed by atoms with E-state index >= 15 is 0 Å². The van der Waals surface area contributed by atoms with E-state index in [0.29, 0.717) is 12.1 Å². The van der Waals surface area contributed by atoms with E-state index in [4.69, 9.17) is 0 Å². The molecule has 0 unspecified atom stereocenters. The average molecular weight is 660 g/mol. The SMILES string of the molecule is CS(=O)(=O)N(CC(=O)N(Cc1ccccc1)[C@H](Cc1ccccc1)C(=O)NC1CCCC1)c1ccc(I)cc1. The summed E-state index contributed by atoms with van der Waals surface area (Å²) in [7, 11) is -3.77. The second-order valence-electron chi connectivity index (χ2n) is 9.95. The minimum absolute atomic E-state index is 0.0868. The number of carbonyl (C=O) groups is 2. The Balaban J connectivity index is 1.70. The molecule has 1 saturated carbocycles. The van der Waals surface area contributed by atoms with Crippen LogP contribution in [0.2, 0.25) is 0 Å². The van der Waals surface area contributed by atoms with Crippen LogP contribution in [-0.2, 0) is 32.6 Å². The van der Waals surface area contributed by atoms with E-state index < -0.39 is 28.5 Å². The zero-order chi connectivity index (χ0) is 27.8. The fourth-order valence-electron chi connectivity index (χ4n) is 4.92. The number of nitrogens with zero attached hydrogens (tertiary/aromatic N) is 2. The van der Waals surface area contributed by atoms with Crippen LogP contribution in [0, 0.1) is 3.57 Å². The molecular weight excluding hydrogens is 625 g/mol. The number of halogens is 1. The van der Waals surface area contributed by atoms with Gasteiger partial charge in [-0.1, -0.05) is 73.5 Å². The molecule has 0 spiro atoms. The van der Waals surface area contributed by atoms with Crippen molar-refractivity contribution in [3.63, 3.8) is 0 Å². The number of benzene rings is 3. The first-order chi connectivity index (χ1) is 18.7. The highest BCUT2D eigenvalue weighted by molar-refractivity contribution is 14.1. The molecule has 0 saturated heterocycles. The van der Waals surface area contributed by atoms with Gasteiger partial charge in [0.1, 0.15) is 12.6 Å². The molecule has 1 N–H and O–H groups in total. The van der Waals surface area contributed by atoms with E-state index in [0.717, 1.165) is 50.9 Å². The van der Waals surface area contributed by atoms with Crippen LogP contribution in [-0.4, -0.2) is 50.0 Å². The van der Waals surface area contributed by atoms with Gasteiger partial charge >= 0.3 is 0 Å². The molecule has 9 heteroatoms. The van der Waals surface area contributed by atoms with Crippen molar-refractivity contribution < 1.29 is 18.0 Å². The lowest BCUT2D eigenvalue weighted by atomic mass is 10.0. The molecule has 0 aliphatic heterocycles. The van der Waals surface area contributed by atoms with Gasteiger partial charge in [0.05, 0.1) is 11.9 Å². The molecule has 2 amide bonds. The number of hydrogen-bond acceptors (Lipinski definition) is 4. The first-order valence-electron chi connectivity index (χ1n) is 13.1. The molecule has 3 aromatic rings. The maximum Gasteiger partial charge on any atom is 0.244 e. The monoisotopic (exact) mass is 659 g/mol. The van der Waals surface area contributed by atoms with Gasteiger partial charge < -0.3 is 10.2 Å². The van der Waals surface area contributed by atoms with E-state index in [1.807, 2.05) is 60.7 Å². The summed E-state index contributed by atoms with van der Waals surface area (Å²) in [5.74, 6) is -0.652. The summed E-state index contributed by atoms with van der Waals surface area (Å²) in [6.07, 6.45) is 5.39. The van der Waals surface area contributed by atoms with Crippen LogP contribution in [0.1, 0.15) is 36.8 Å². The lowest BCUT2D eigenvalue weighted by Gasteiger charge is -2.34. The maximum absolute atomic E-state index is 14.1. The van der Waals surface area contributed by atoms with Crippen molar-refractivity contribution in [3.8, 4) is 0 Å². The topological polar surface area (TPSA) is 86.8 Å². The van der Waals surface area contributed by atoms with Gasteiger partial charge in [0.2, 0.25) is 21.8 Å². The molecule has 1 atom stereocenters. The zero-order valence-electron chi connectivity index (χ0n) is 22.0. The Hall–Kier alpha value is -2.92. The maximum atomic E-state index is 14.1. The standard InChI is InChI=1S/C30H34IN3O4S/c1-39(37,38)34(27-18-16-25(31)17-19-27)22-29(35)33(21-24-12-6-3-7-13-24)28(20-23-10-4-2-5-11-23)30(36)32-26-14-8-9-15-26/h2-7,10-13,16-19,26,28H,8-9,14-15,20-22H2,1H3,(H,32,36)/t28-/m1/s1. The van der Waals surface area contributed by atoms with Crippen molar-refractivity contribution in [1.29, 1.82) is 0 Å². The summed E-state index contributed by atoms with van der Waals surface area (Å²) in [5, 5.41) is 3.18. The van der Waals surface area contributed by atoms with Crippen molar-refractivity contribution >= 4 is 50.1 Å². The second kappa shape index (κ2) is 13.4. The van der Waals surface area contributed by atoms with Crippen LogP contribution in [0.15, 0.2) is 84.9 Å². The van der Waals surface area contributed by atoms with E-state index in [9.17, 15) is 18.0 Å². The van der Waals surface area contributed by atoms with Gasteiger partial charge in [-0.05, 0) is 70.8 Å².